The zero-order chi connectivity index (χ0) is 23.0. The Hall–Kier alpha value is -3.24. The molecule has 1 aromatic heterocycles. The summed E-state index contributed by atoms with van der Waals surface area (Å²) < 4.78 is 18.4. The van der Waals surface area contributed by atoms with E-state index in [1.54, 1.807) is 18.4 Å². The van der Waals surface area contributed by atoms with Crippen molar-refractivity contribution in [3.63, 3.8) is 0 Å². The molecular formula is C29H28O3S. The lowest BCUT2D eigenvalue weighted by Crippen LogP contribution is -2.33. The van der Waals surface area contributed by atoms with Crippen LogP contribution in [0.2, 0.25) is 0 Å². The number of rotatable bonds is 6. The van der Waals surface area contributed by atoms with E-state index in [0.717, 1.165) is 45.1 Å². The highest BCUT2D eigenvalue weighted by Gasteiger charge is 2.39. The Morgan fingerprint density at radius 2 is 1.79 bits per heavy atom. The lowest BCUT2D eigenvalue weighted by atomic mass is 9.86. The van der Waals surface area contributed by atoms with Crippen LogP contribution in [-0.2, 0) is 12.0 Å². The summed E-state index contributed by atoms with van der Waals surface area (Å²) in [4.78, 5) is 1.14. The minimum atomic E-state index is -0.706. The number of aryl methyl sites for hydroxylation is 2. The summed E-state index contributed by atoms with van der Waals surface area (Å²) in [6.45, 7) is 7.00. The van der Waals surface area contributed by atoms with Gasteiger partial charge in [0.1, 0.15) is 17.2 Å². The maximum Gasteiger partial charge on any atom is 0.187 e. The van der Waals surface area contributed by atoms with Crippen molar-refractivity contribution in [2.24, 2.45) is 0 Å². The van der Waals surface area contributed by atoms with E-state index in [1.165, 1.54) is 16.5 Å². The van der Waals surface area contributed by atoms with Gasteiger partial charge in [0.25, 0.3) is 0 Å². The Bertz CT molecular complexity index is 1320. The highest BCUT2D eigenvalue weighted by atomic mass is 32.1. The third kappa shape index (κ3) is 3.59. The molecule has 0 N–H and O–H groups in total. The zero-order valence-electron chi connectivity index (χ0n) is 19.5. The van der Waals surface area contributed by atoms with Crippen molar-refractivity contribution in [1.82, 2.24) is 0 Å². The minimum Gasteiger partial charge on any atom is -0.497 e. The fourth-order valence-electron chi connectivity index (χ4n) is 4.67. The minimum absolute atomic E-state index is 0.633. The summed E-state index contributed by atoms with van der Waals surface area (Å²) in [5.74, 6) is 2.63. The van der Waals surface area contributed by atoms with Crippen molar-refractivity contribution in [2.75, 3.05) is 13.7 Å². The Labute approximate surface area is 199 Å². The maximum atomic E-state index is 7.08. The van der Waals surface area contributed by atoms with Crippen LogP contribution in [-0.4, -0.2) is 13.7 Å². The lowest BCUT2D eigenvalue weighted by molar-refractivity contribution is 0.167. The quantitative estimate of drug-likeness (QED) is 0.300. The summed E-state index contributed by atoms with van der Waals surface area (Å²) in [6, 6.07) is 19.0. The number of fused-ring (bicyclic) bond motifs is 3. The van der Waals surface area contributed by atoms with Gasteiger partial charge in [0.15, 0.2) is 5.60 Å². The van der Waals surface area contributed by atoms with Crippen LogP contribution < -0.4 is 14.2 Å². The molecule has 4 aromatic rings. The second kappa shape index (κ2) is 8.60. The smallest absolute Gasteiger partial charge is 0.187 e. The topological polar surface area (TPSA) is 27.7 Å². The van der Waals surface area contributed by atoms with Crippen LogP contribution in [0.5, 0.6) is 17.2 Å². The number of thiophene rings is 1. The second-order valence-corrected chi connectivity index (χ2v) is 9.22. The second-order valence-electron chi connectivity index (χ2n) is 8.28. The van der Waals surface area contributed by atoms with Gasteiger partial charge in [-0.05, 0) is 78.6 Å². The van der Waals surface area contributed by atoms with Gasteiger partial charge in [-0.1, -0.05) is 37.3 Å². The first-order chi connectivity index (χ1) is 16.1. The molecule has 1 atom stereocenters. The molecule has 0 aliphatic carbocycles. The van der Waals surface area contributed by atoms with E-state index >= 15 is 0 Å². The Morgan fingerprint density at radius 3 is 2.45 bits per heavy atom. The molecule has 0 saturated carbocycles. The molecule has 0 spiro atoms. The third-order valence-electron chi connectivity index (χ3n) is 6.36. The summed E-state index contributed by atoms with van der Waals surface area (Å²) in [5, 5.41) is 4.42. The van der Waals surface area contributed by atoms with E-state index in [1.807, 2.05) is 19.1 Å². The number of methoxy groups -OCH3 is 1. The SMILES string of the molecule is CCOc1cc(CC)c2cc(C)c3c(c2c1)OC(c1ccc(OC)cc1)(c1cccs1)C=C3. The van der Waals surface area contributed by atoms with E-state index in [4.69, 9.17) is 14.2 Å². The van der Waals surface area contributed by atoms with Crippen LogP contribution in [0, 0.1) is 6.92 Å². The van der Waals surface area contributed by atoms with E-state index in [0.29, 0.717) is 6.61 Å². The molecule has 2 heterocycles. The fraction of sp³-hybridized carbons (Fsp3) is 0.241. The van der Waals surface area contributed by atoms with Crippen molar-refractivity contribution in [3.8, 4) is 17.2 Å². The Morgan fingerprint density at radius 1 is 0.970 bits per heavy atom. The van der Waals surface area contributed by atoms with Gasteiger partial charge in [-0.25, -0.2) is 0 Å². The predicted octanol–water partition coefficient (Wildman–Crippen LogP) is 7.53. The van der Waals surface area contributed by atoms with Crippen molar-refractivity contribution >= 4 is 28.2 Å². The first kappa shape index (κ1) is 21.6. The molecule has 168 valence electrons. The Kier molecular flexibility index (Phi) is 5.63. The first-order valence-corrected chi connectivity index (χ1v) is 12.3. The van der Waals surface area contributed by atoms with Gasteiger partial charge in [0.05, 0.1) is 18.6 Å². The molecule has 0 saturated heterocycles. The summed E-state index contributed by atoms with van der Waals surface area (Å²) in [5.41, 5.74) is 3.97. The molecule has 3 aromatic carbocycles. The average Bonchev–Trinajstić information content (AvgIpc) is 3.40. The van der Waals surface area contributed by atoms with Crippen molar-refractivity contribution in [2.45, 2.75) is 32.8 Å². The van der Waals surface area contributed by atoms with Gasteiger partial charge in [-0.2, -0.15) is 0 Å². The normalized spacial score (nSPS) is 17.0. The summed E-state index contributed by atoms with van der Waals surface area (Å²) >= 11 is 1.70. The van der Waals surface area contributed by atoms with Gasteiger partial charge in [0, 0.05) is 16.5 Å². The maximum absolute atomic E-state index is 7.08. The molecule has 0 radical (unpaired) electrons. The molecule has 5 rings (SSSR count). The van der Waals surface area contributed by atoms with Gasteiger partial charge in [0.2, 0.25) is 0 Å². The van der Waals surface area contributed by atoms with Crippen LogP contribution in [0.1, 0.15) is 41.0 Å². The van der Waals surface area contributed by atoms with E-state index < -0.39 is 5.60 Å². The molecule has 0 fully saturated rings. The first-order valence-electron chi connectivity index (χ1n) is 11.4. The van der Waals surface area contributed by atoms with Crippen LogP contribution in [0.4, 0.5) is 0 Å². The predicted molar refractivity (Wildman–Crippen MR) is 137 cm³/mol. The van der Waals surface area contributed by atoms with Crippen molar-refractivity contribution in [3.05, 3.63) is 93.2 Å². The van der Waals surface area contributed by atoms with Crippen LogP contribution in [0.15, 0.2) is 66.1 Å². The highest BCUT2D eigenvalue weighted by Crippen LogP contribution is 2.48. The van der Waals surface area contributed by atoms with Crippen molar-refractivity contribution < 1.29 is 14.2 Å². The van der Waals surface area contributed by atoms with Crippen LogP contribution in [0.3, 0.4) is 0 Å². The fourth-order valence-corrected chi connectivity index (χ4v) is 5.54. The number of benzene rings is 3. The number of hydrogen-bond donors (Lipinski definition) is 0. The van der Waals surface area contributed by atoms with Gasteiger partial charge >= 0.3 is 0 Å². The largest absolute Gasteiger partial charge is 0.497 e. The van der Waals surface area contributed by atoms with Crippen LogP contribution >= 0.6 is 11.3 Å². The number of hydrogen-bond acceptors (Lipinski definition) is 4. The van der Waals surface area contributed by atoms with Gasteiger partial charge < -0.3 is 14.2 Å². The molecular weight excluding hydrogens is 428 g/mol. The Balaban J connectivity index is 1.77. The molecule has 0 amide bonds. The van der Waals surface area contributed by atoms with E-state index in [9.17, 15) is 0 Å². The highest BCUT2D eigenvalue weighted by molar-refractivity contribution is 7.10. The molecule has 4 heteroatoms. The van der Waals surface area contributed by atoms with Crippen LogP contribution in [0.25, 0.3) is 16.8 Å². The molecule has 1 aliphatic rings. The molecule has 1 aliphatic heterocycles. The van der Waals surface area contributed by atoms with Gasteiger partial charge in [-0.3, -0.25) is 0 Å². The molecule has 0 bridgehead atoms. The lowest BCUT2D eigenvalue weighted by Gasteiger charge is -2.36. The molecule has 3 nitrogen and oxygen atoms in total. The monoisotopic (exact) mass is 456 g/mol. The van der Waals surface area contributed by atoms with E-state index in [2.05, 4.69) is 73.8 Å². The molecule has 1 unspecified atom stereocenters. The third-order valence-corrected chi connectivity index (χ3v) is 7.35. The standard InChI is InChI=1S/C29H28O3S/c1-5-20-17-23(31-6-2)18-26-25(20)16-19(3)24-13-14-29(32-28(24)26,27-8-7-15-33-27)21-9-11-22(30-4)12-10-21/h7-18H,5-6H2,1-4H3. The number of ether oxygens (including phenoxy) is 3. The van der Waals surface area contributed by atoms with Gasteiger partial charge in [-0.15, -0.1) is 11.3 Å². The zero-order valence-corrected chi connectivity index (χ0v) is 20.3. The summed E-state index contributed by atoms with van der Waals surface area (Å²) in [7, 11) is 1.69. The van der Waals surface area contributed by atoms with Crippen molar-refractivity contribution in [1.29, 1.82) is 0 Å². The van der Waals surface area contributed by atoms with E-state index in [-0.39, 0.29) is 0 Å². The molecule has 33 heavy (non-hydrogen) atoms. The summed E-state index contributed by atoms with van der Waals surface area (Å²) in [6.07, 6.45) is 5.34. The average molecular weight is 457 g/mol.